The van der Waals surface area contributed by atoms with E-state index in [9.17, 15) is 9.59 Å². The molecule has 0 aliphatic heterocycles. The van der Waals surface area contributed by atoms with E-state index in [2.05, 4.69) is 0 Å². The van der Waals surface area contributed by atoms with E-state index in [-0.39, 0.29) is 0 Å². The van der Waals surface area contributed by atoms with Crippen molar-refractivity contribution in [3.05, 3.63) is 54.1 Å². The summed E-state index contributed by atoms with van der Waals surface area (Å²) in [7, 11) is 2.83. The number of ether oxygens (including phenoxy) is 3. The summed E-state index contributed by atoms with van der Waals surface area (Å²) in [5.74, 6) is -0.526. The van der Waals surface area contributed by atoms with Crippen molar-refractivity contribution in [3.8, 4) is 5.75 Å². The summed E-state index contributed by atoms with van der Waals surface area (Å²) in [4.78, 5) is 24.6. The number of benzene rings is 2. The Morgan fingerprint density at radius 3 is 2.23 bits per heavy atom. The Kier molecular flexibility index (Phi) is 6.91. The van der Waals surface area contributed by atoms with Gasteiger partial charge in [-0.25, -0.2) is 4.79 Å². The van der Waals surface area contributed by atoms with Gasteiger partial charge in [-0.05, 0) is 29.8 Å². The fourth-order valence-corrected chi connectivity index (χ4v) is 3.57. The van der Waals surface area contributed by atoms with Crippen LogP contribution in [0.3, 0.4) is 0 Å². The normalized spacial score (nSPS) is 12.7. The Bertz CT molecular complexity index is 763. The van der Waals surface area contributed by atoms with Crippen LogP contribution in [-0.4, -0.2) is 32.3 Å². The average molecular weight is 375 g/mol. The summed E-state index contributed by atoms with van der Waals surface area (Å²) in [5.41, 5.74) is 7.38. The van der Waals surface area contributed by atoms with Crippen LogP contribution >= 0.6 is 11.8 Å². The molecule has 0 radical (unpaired) electrons. The molecule has 0 bridgehead atoms. The minimum Gasteiger partial charge on any atom is -0.497 e. The van der Waals surface area contributed by atoms with Gasteiger partial charge in [0.05, 0.1) is 19.5 Å². The van der Waals surface area contributed by atoms with Crippen LogP contribution in [0.4, 0.5) is 5.69 Å². The highest BCUT2D eigenvalue weighted by atomic mass is 32.2. The van der Waals surface area contributed by atoms with Crippen LogP contribution in [0.15, 0.2) is 53.4 Å². The maximum absolute atomic E-state index is 12.3. The van der Waals surface area contributed by atoms with Crippen LogP contribution in [-0.2, 0) is 19.1 Å². The molecule has 6 nitrogen and oxygen atoms in total. The molecule has 7 heteroatoms. The number of nitrogen functional groups attached to an aromatic ring is 1. The number of methoxy groups -OCH3 is 2. The summed E-state index contributed by atoms with van der Waals surface area (Å²) in [6.45, 7) is 1.25. The minimum absolute atomic E-state index is 0.540. The third kappa shape index (κ3) is 4.92. The van der Waals surface area contributed by atoms with Crippen molar-refractivity contribution in [1.29, 1.82) is 0 Å². The number of nitrogens with two attached hydrogens (primary N) is 1. The number of carbonyl (C=O) groups is 2. The van der Waals surface area contributed by atoms with Crippen molar-refractivity contribution in [3.63, 3.8) is 0 Å². The van der Waals surface area contributed by atoms with Gasteiger partial charge in [0.25, 0.3) is 0 Å². The number of thioether (sulfide) groups is 1. The second-order valence-electron chi connectivity index (χ2n) is 5.40. The number of hydrogen-bond acceptors (Lipinski definition) is 7. The quantitative estimate of drug-likeness (QED) is 0.451. The van der Waals surface area contributed by atoms with Crippen molar-refractivity contribution in [2.75, 3.05) is 20.0 Å². The largest absolute Gasteiger partial charge is 0.497 e. The third-order valence-electron chi connectivity index (χ3n) is 3.62. The van der Waals surface area contributed by atoms with E-state index in [1.165, 1.54) is 25.8 Å². The van der Waals surface area contributed by atoms with E-state index in [0.717, 1.165) is 10.5 Å². The van der Waals surface area contributed by atoms with Gasteiger partial charge >= 0.3 is 11.9 Å². The average Bonchev–Trinajstić information content (AvgIpc) is 2.65. The first kappa shape index (κ1) is 19.7. The molecule has 2 N–H and O–H groups in total. The minimum atomic E-state index is -1.12. The Morgan fingerprint density at radius 1 is 1.04 bits per heavy atom. The van der Waals surface area contributed by atoms with Crippen molar-refractivity contribution >= 4 is 29.4 Å². The summed E-state index contributed by atoms with van der Waals surface area (Å²) >= 11 is 1.33. The number of carbonyl (C=O) groups excluding carboxylic acids is 2. The number of esters is 2. The summed E-state index contributed by atoms with van der Waals surface area (Å²) in [6, 6.07) is 14.5. The van der Waals surface area contributed by atoms with E-state index in [1.54, 1.807) is 25.3 Å². The molecule has 0 aliphatic rings. The van der Waals surface area contributed by atoms with E-state index in [1.807, 2.05) is 30.3 Å². The number of rotatable bonds is 7. The highest BCUT2D eigenvalue weighted by Gasteiger charge is 2.34. The monoisotopic (exact) mass is 375 g/mol. The predicted molar refractivity (Wildman–Crippen MR) is 100 cm³/mol. The summed E-state index contributed by atoms with van der Waals surface area (Å²) < 4.78 is 15.3. The highest BCUT2D eigenvalue weighted by molar-refractivity contribution is 7.99. The lowest BCUT2D eigenvalue weighted by atomic mass is 10.1. The van der Waals surface area contributed by atoms with Crippen molar-refractivity contribution < 1.29 is 23.8 Å². The van der Waals surface area contributed by atoms with Gasteiger partial charge in [-0.15, -0.1) is 11.8 Å². The summed E-state index contributed by atoms with van der Waals surface area (Å²) in [6.07, 6.45) is -1.12. The second kappa shape index (κ2) is 9.15. The van der Waals surface area contributed by atoms with Gasteiger partial charge in [-0.3, -0.25) is 4.79 Å². The summed E-state index contributed by atoms with van der Waals surface area (Å²) in [5, 5.41) is -0.540. The number of para-hydroxylation sites is 1. The number of hydrogen-bond donors (Lipinski definition) is 1. The van der Waals surface area contributed by atoms with E-state index in [0.29, 0.717) is 11.4 Å². The molecule has 2 aromatic rings. The van der Waals surface area contributed by atoms with Crippen LogP contribution < -0.4 is 10.5 Å². The van der Waals surface area contributed by atoms with Crippen LogP contribution in [0, 0.1) is 0 Å². The Morgan fingerprint density at radius 2 is 1.69 bits per heavy atom. The molecule has 0 unspecified atom stereocenters. The van der Waals surface area contributed by atoms with Gasteiger partial charge in [-0.2, -0.15) is 0 Å². The van der Waals surface area contributed by atoms with Crippen LogP contribution in [0.2, 0.25) is 0 Å². The smallest absolute Gasteiger partial charge is 0.348 e. The highest BCUT2D eigenvalue weighted by Crippen LogP contribution is 2.42. The molecule has 0 saturated carbocycles. The molecule has 0 spiro atoms. The molecular formula is C19H21NO5S. The lowest BCUT2D eigenvalue weighted by Crippen LogP contribution is -2.32. The van der Waals surface area contributed by atoms with E-state index >= 15 is 0 Å². The third-order valence-corrected chi connectivity index (χ3v) is 5.02. The molecule has 0 heterocycles. The maximum Gasteiger partial charge on any atom is 0.348 e. The van der Waals surface area contributed by atoms with E-state index < -0.39 is 23.3 Å². The first-order chi connectivity index (χ1) is 12.5. The Labute approximate surface area is 156 Å². The first-order valence-corrected chi connectivity index (χ1v) is 8.74. The topological polar surface area (TPSA) is 87.9 Å². The van der Waals surface area contributed by atoms with Crippen LogP contribution in [0.5, 0.6) is 5.75 Å². The standard InChI is InChI=1S/C19H21NO5S/c1-12(21)25-17(19(22)24-3)18(13-8-10-14(23-2)11-9-13)26-16-7-5-4-6-15(16)20/h4-11,17-18H,20H2,1-3H3/t17-,18+/m1/s1. The van der Waals surface area contributed by atoms with Gasteiger partial charge < -0.3 is 19.9 Å². The van der Waals surface area contributed by atoms with Gasteiger partial charge in [0.1, 0.15) is 5.75 Å². The Hall–Kier alpha value is -2.67. The fourth-order valence-electron chi connectivity index (χ4n) is 2.35. The van der Waals surface area contributed by atoms with Crippen molar-refractivity contribution in [2.24, 2.45) is 0 Å². The molecule has 0 fully saturated rings. The predicted octanol–water partition coefficient (Wildman–Crippen LogP) is 3.22. The lowest BCUT2D eigenvalue weighted by molar-refractivity contribution is -0.164. The molecule has 0 amide bonds. The van der Waals surface area contributed by atoms with Gasteiger partial charge in [0.15, 0.2) is 0 Å². The molecule has 2 atom stereocenters. The zero-order chi connectivity index (χ0) is 19.1. The van der Waals surface area contributed by atoms with Crippen molar-refractivity contribution in [2.45, 2.75) is 23.2 Å². The molecule has 26 heavy (non-hydrogen) atoms. The molecule has 2 rings (SSSR count). The molecule has 0 aromatic heterocycles. The van der Waals surface area contributed by atoms with Gasteiger partial charge in [-0.1, -0.05) is 24.3 Å². The lowest BCUT2D eigenvalue weighted by Gasteiger charge is -2.25. The Balaban J connectivity index is 2.45. The molecule has 0 aliphatic carbocycles. The zero-order valence-electron chi connectivity index (χ0n) is 14.8. The van der Waals surface area contributed by atoms with Gasteiger partial charge in [0.2, 0.25) is 6.10 Å². The number of anilines is 1. The van der Waals surface area contributed by atoms with Crippen molar-refractivity contribution in [1.82, 2.24) is 0 Å². The SMILES string of the molecule is COC(=O)[C@H](OC(C)=O)[C@@H](Sc1ccccc1N)c1ccc(OC)cc1. The first-order valence-electron chi connectivity index (χ1n) is 7.86. The van der Waals surface area contributed by atoms with Gasteiger partial charge in [0, 0.05) is 17.5 Å². The zero-order valence-corrected chi connectivity index (χ0v) is 15.6. The molecule has 138 valence electrons. The van der Waals surface area contributed by atoms with Crippen LogP contribution in [0.1, 0.15) is 17.7 Å². The molecule has 0 saturated heterocycles. The molecular weight excluding hydrogens is 354 g/mol. The fraction of sp³-hybridized carbons (Fsp3) is 0.263. The molecule has 2 aromatic carbocycles. The maximum atomic E-state index is 12.3. The second-order valence-corrected chi connectivity index (χ2v) is 6.59. The van der Waals surface area contributed by atoms with Crippen LogP contribution in [0.25, 0.3) is 0 Å². The van der Waals surface area contributed by atoms with E-state index in [4.69, 9.17) is 19.9 Å².